The summed E-state index contributed by atoms with van der Waals surface area (Å²) in [6.45, 7) is 1.77. The zero-order valence-electron chi connectivity index (χ0n) is 17.8. The van der Waals surface area contributed by atoms with Crippen molar-refractivity contribution < 1.29 is 23.8 Å². The highest BCUT2D eigenvalue weighted by Crippen LogP contribution is 2.29. The molecule has 4 rings (SSSR count). The number of likely N-dealkylation sites (tertiary alicyclic amines) is 2. The van der Waals surface area contributed by atoms with Gasteiger partial charge in [-0.05, 0) is 31.0 Å². The number of ether oxygens (including phenoxy) is 3. The average molecular weight is 425 g/mol. The van der Waals surface area contributed by atoms with E-state index in [-0.39, 0.29) is 23.8 Å². The van der Waals surface area contributed by atoms with Crippen molar-refractivity contribution in [3.05, 3.63) is 48.0 Å². The first-order valence-electron chi connectivity index (χ1n) is 10.5. The molecule has 1 aromatic carbocycles. The molecule has 0 radical (unpaired) electrons. The first-order valence-corrected chi connectivity index (χ1v) is 10.5. The molecule has 2 fully saturated rings. The second-order valence-electron chi connectivity index (χ2n) is 7.70. The maximum Gasteiger partial charge on any atom is 0.260 e. The Morgan fingerprint density at radius 1 is 1.00 bits per heavy atom. The largest absolute Gasteiger partial charge is 0.488 e. The Morgan fingerprint density at radius 3 is 2.42 bits per heavy atom. The number of benzene rings is 1. The van der Waals surface area contributed by atoms with E-state index < -0.39 is 6.04 Å². The lowest BCUT2D eigenvalue weighted by Crippen LogP contribution is -2.47. The van der Waals surface area contributed by atoms with E-state index in [0.717, 1.165) is 31.7 Å². The second kappa shape index (κ2) is 9.24. The minimum Gasteiger partial charge on any atom is -0.488 e. The summed E-state index contributed by atoms with van der Waals surface area (Å²) >= 11 is 0. The van der Waals surface area contributed by atoms with E-state index in [9.17, 15) is 9.59 Å². The van der Waals surface area contributed by atoms with Crippen molar-refractivity contribution in [2.75, 3.05) is 33.9 Å². The Kier molecular flexibility index (Phi) is 6.25. The Bertz CT molecular complexity index is 930. The molecule has 0 bridgehead atoms. The molecule has 2 aliphatic heterocycles. The molecule has 2 aliphatic rings. The minimum absolute atomic E-state index is 0.0227. The summed E-state index contributed by atoms with van der Waals surface area (Å²) in [7, 11) is 2.96. The molecular weight excluding hydrogens is 398 g/mol. The van der Waals surface area contributed by atoms with Crippen molar-refractivity contribution >= 4 is 11.8 Å². The molecule has 1 aromatic heterocycles. The van der Waals surface area contributed by atoms with Gasteiger partial charge in [-0.15, -0.1) is 0 Å². The fraction of sp³-hybridized carbons (Fsp3) is 0.435. The predicted molar refractivity (Wildman–Crippen MR) is 113 cm³/mol. The van der Waals surface area contributed by atoms with E-state index in [1.165, 1.54) is 14.2 Å². The van der Waals surface area contributed by atoms with E-state index in [0.29, 0.717) is 24.4 Å². The summed E-state index contributed by atoms with van der Waals surface area (Å²) in [6.07, 6.45) is 2.15. The highest BCUT2D eigenvalue weighted by molar-refractivity contribution is 5.99. The highest BCUT2D eigenvalue weighted by Gasteiger charge is 2.43. The summed E-state index contributed by atoms with van der Waals surface area (Å²) in [4.78, 5) is 34.4. The highest BCUT2D eigenvalue weighted by atomic mass is 16.5. The molecule has 0 aliphatic carbocycles. The van der Waals surface area contributed by atoms with Gasteiger partial charge >= 0.3 is 0 Å². The van der Waals surface area contributed by atoms with Crippen LogP contribution in [-0.2, 0) is 4.79 Å². The Morgan fingerprint density at radius 2 is 1.74 bits per heavy atom. The predicted octanol–water partition coefficient (Wildman–Crippen LogP) is 2.38. The van der Waals surface area contributed by atoms with Crippen LogP contribution in [0.15, 0.2) is 42.5 Å². The summed E-state index contributed by atoms with van der Waals surface area (Å²) in [5, 5.41) is 0. The Hall–Kier alpha value is -3.29. The average Bonchev–Trinajstić information content (AvgIpc) is 3.49. The Labute approximate surface area is 181 Å². The summed E-state index contributed by atoms with van der Waals surface area (Å²) in [6, 6.07) is 12.1. The number of methoxy groups -OCH3 is 2. The summed E-state index contributed by atoms with van der Waals surface area (Å²) in [5.74, 6) is 0.918. The lowest BCUT2D eigenvalue weighted by atomic mass is 10.1. The van der Waals surface area contributed by atoms with Crippen LogP contribution < -0.4 is 14.2 Å². The van der Waals surface area contributed by atoms with E-state index >= 15 is 0 Å². The van der Waals surface area contributed by atoms with Crippen LogP contribution in [-0.4, -0.2) is 72.6 Å². The van der Waals surface area contributed by atoms with Gasteiger partial charge in [-0.1, -0.05) is 18.2 Å². The summed E-state index contributed by atoms with van der Waals surface area (Å²) in [5.41, 5.74) is 0.294. The lowest BCUT2D eigenvalue weighted by Gasteiger charge is -2.27. The van der Waals surface area contributed by atoms with Gasteiger partial charge < -0.3 is 24.0 Å². The third-order valence-electron chi connectivity index (χ3n) is 5.74. The SMILES string of the molecule is COc1ccc(C(=O)N2C[C@@H](Oc3ccccc3)C[C@H]2C(=O)N2CCCC2)c(OC)n1. The number of nitrogens with zero attached hydrogens (tertiary/aromatic N) is 3. The van der Waals surface area contributed by atoms with Crippen LogP contribution in [0.2, 0.25) is 0 Å². The van der Waals surface area contributed by atoms with Crippen LogP contribution in [0, 0.1) is 0 Å². The Balaban J connectivity index is 1.60. The van der Waals surface area contributed by atoms with E-state index in [2.05, 4.69) is 4.98 Å². The van der Waals surface area contributed by atoms with Gasteiger partial charge in [0.25, 0.3) is 5.91 Å². The van der Waals surface area contributed by atoms with Crippen LogP contribution in [0.1, 0.15) is 29.6 Å². The molecule has 3 heterocycles. The van der Waals surface area contributed by atoms with Crippen molar-refractivity contribution in [1.82, 2.24) is 14.8 Å². The zero-order valence-corrected chi connectivity index (χ0v) is 17.8. The molecule has 8 heteroatoms. The standard InChI is InChI=1S/C23H27N3O5/c1-29-20-11-10-18(21(24-20)30-2)22(27)26-15-17(31-16-8-4-3-5-9-16)14-19(26)23(28)25-12-6-7-13-25/h3-5,8-11,17,19H,6-7,12-15H2,1-2H3/t17-,19-/m0/s1. The van der Waals surface area contributed by atoms with Gasteiger partial charge in [-0.3, -0.25) is 9.59 Å². The normalized spacial score (nSPS) is 20.6. The summed E-state index contributed by atoms with van der Waals surface area (Å²) < 4.78 is 16.5. The third kappa shape index (κ3) is 4.42. The molecule has 164 valence electrons. The third-order valence-corrected chi connectivity index (χ3v) is 5.74. The number of amides is 2. The van der Waals surface area contributed by atoms with E-state index in [1.807, 2.05) is 35.2 Å². The number of hydrogen-bond acceptors (Lipinski definition) is 6. The van der Waals surface area contributed by atoms with Crippen molar-refractivity contribution in [3.8, 4) is 17.5 Å². The topological polar surface area (TPSA) is 81.2 Å². The number of rotatable bonds is 6. The molecule has 2 amide bonds. The van der Waals surface area contributed by atoms with Crippen molar-refractivity contribution in [2.45, 2.75) is 31.4 Å². The van der Waals surface area contributed by atoms with E-state index in [4.69, 9.17) is 14.2 Å². The van der Waals surface area contributed by atoms with Gasteiger partial charge in [0.05, 0.1) is 20.8 Å². The maximum absolute atomic E-state index is 13.5. The molecule has 31 heavy (non-hydrogen) atoms. The van der Waals surface area contributed by atoms with Gasteiger partial charge in [-0.25, -0.2) is 0 Å². The van der Waals surface area contributed by atoms with Crippen LogP contribution in [0.5, 0.6) is 17.5 Å². The van der Waals surface area contributed by atoms with Crippen LogP contribution in [0.4, 0.5) is 0 Å². The quantitative estimate of drug-likeness (QED) is 0.707. The maximum atomic E-state index is 13.5. The first kappa shape index (κ1) is 21.0. The molecule has 0 unspecified atom stereocenters. The van der Waals surface area contributed by atoms with Crippen molar-refractivity contribution in [2.24, 2.45) is 0 Å². The number of carbonyl (C=O) groups excluding carboxylic acids is 2. The number of aromatic nitrogens is 1. The number of para-hydroxylation sites is 1. The molecule has 0 saturated carbocycles. The van der Waals surface area contributed by atoms with Gasteiger partial charge in [-0.2, -0.15) is 4.98 Å². The first-order chi connectivity index (χ1) is 15.1. The van der Waals surface area contributed by atoms with Crippen LogP contribution in [0.25, 0.3) is 0 Å². The van der Waals surface area contributed by atoms with Gasteiger partial charge in [0.1, 0.15) is 23.5 Å². The fourth-order valence-electron chi connectivity index (χ4n) is 4.19. The lowest BCUT2D eigenvalue weighted by molar-refractivity contribution is -0.134. The zero-order chi connectivity index (χ0) is 21.8. The minimum atomic E-state index is -0.578. The number of carbonyl (C=O) groups is 2. The second-order valence-corrected chi connectivity index (χ2v) is 7.70. The molecule has 2 saturated heterocycles. The fourth-order valence-corrected chi connectivity index (χ4v) is 4.19. The van der Waals surface area contributed by atoms with Crippen molar-refractivity contribution in [3.63, 3.8) is 0 Å². The van der Waals surface area contributed by atoms with E-state index in [1.54, 1.807) is 17.0 Å². The van der Waals surface area contributed by atoms with Gasteiger partial charge in [0.2, 0.25) is 17.7 Å². The number of hydrogen-bond donors (Lipinski definition) is 0. The smallest absolute Gasteiger partial charge is 0.260 e. The molecule has 2 atom stereocenters. The van der Waals surface area contributed by atoms with Gasteiger partial charge in [0, 0.05) is 25.6 Å². The van der Waals surface area contributed by atoms with Gasteiger partial charge in [0.15, 0.2) is 0 Å². The van der Waals surface area contributed by atoms with Crippen molar-refractivity contribution in [1.29, 1.82) is 0 Å². The molecule has 2 aromatic rings. The molecule has 8 nitrogen and oxygen atoms in total. The number of pyridine rings is 1. The molecule has 0 N–H and O–H groups in total. The molecule has 0 spiro atoms. The monoisotopic (exact) mass is 425 g/mol. The molecular formula is C23H27N3O5. The van der Waals surface area contributed by atoms with Crippen LogP contribution >= 0.6 is 0 Å². The van der Waals surface area contributed by atoms with Crippen LogP contribution in [0.3, 0.4) is 0 Å².